The van der Waals surface area contributed by atoms with Crippen LogP contribution in [0.2, 0.25) is 0 Å². The largest absolute Gasteiger partial charge is 0.353 e. The molecule has 5 heteroatoms. The minimum atomic E-state index is 0.0220. The molecule has 1 atom stereocenters. The van der Waals surface area contributed by atoms with Gasteiger partial charge in [0.1, 0.15) is 0 Å². The van der Waals surface area contributed by atoms with Crippen LogP contribution < -0.4 is 10.6 Å². The number of thiazole rings is 1. The molecular weight excluding hydrogens is 222 g/mol. The molecule has 0 saturated carbocycles. The summed E-state index contributed by atoms with van der Waals surface area (Å²) in [6.45, 7) is 8.22. The van der Waals surface area contributed by atoms with Crippen molar-refractivity contribution in [2.45, 2.75) is 39.8 Å². The summed E-state index contributed by atoms with van der Waals surface area (Å²) in [6, 6.07) is 0.300. The molecular formula is C11H19N3OS. The molecule has 1 rings (SSSR count). The zero-order valence-corrected chi connectivity index (χ0v) is 11.0. The van der Waals surface area contributed by atoms with Crippen molar-refractivity contribution in [2.75, 3.05) is 6.54 Å². The van der Waals surface area contributed by atoms with Crippen LogP contribution in [0.1, 0.15) is 37.5 Å². The van der Waals surface area contributed by atoms with Gasteiger partial charge in [0, 0.05) is 17.5 Å². The minimum absolute atomic E-state index is 0.0220. The van der Waals surface area contributed by atoms with Gasteiger partial charge in [-0.25, -0.2) is 4.98 Å². The molecule has 0 aliphatic carbocycles. The third-order valence-electron chi connectivity index (χ3n) is 2.10. The second kappa shape index (κ2) is 5.96. The molecule has 1 amide bonds. The van der Waals surface area contributed by atoms with Crippen molar-refractivity contribution in [2.24, 2.45) is 0 Å². The maximum Gasteiger partial charge on any atom is 0.234 e. The lowest BCUT2D eigenvalue weighted by atomic mass is 10.2. The number of aryl methyl sites for hydroxylation is 1. The first-order valence-corrected chi connectivity index (χ1v) is 6.31. The van der Waals surface area contributed by atoms with Crippen LogP contribution in [0.3, 0.4) is 0 Å². The molecule has 16 heavy (non-hydrogen) atoms. The summed E-state index contributed by atoms with van der Waals surface area (Å²) in [5.74, 6) is 0.0220. The van der Waals surface area contributed by atoms with Crippen LogP contribution in [0.15, 0.2) is 5.38 Å². The zero-order chi connectivity index (χ0) is 12.1. The number of nitrogens with one attached hydrogen (secondary N) is 2. The summed E-state index contributed by atoms with van der Waals surface area (Å²) in [5, 5.41) is 9.06. The maximum absolute atomic E-state index is 11.4. The third-order valence-corrected chi connectivity index (χ3v) is 2.89. The first-order valence-electron chi connectivity index (χ1n) is 5.44. The van der Waals surface area contributed by atoms with Gasteiger partial charge in [-0.15, -0.1) is 11.3 Å². The molecule has 0 aliphatic rings. The van der Waals surface area contributed by atoms with Crippen LogP contribution in [0.5, 0.6) is 0 Å². The van der Waals surface area contributed by atoms with Crippen molar-refractivity contribution in [3.8, 4) is 0 Å². The van der Waals surface area contributed by atoms with E-state index in [0.717, 1.165) is 10.7 Å². The van der Waals surface area contributed by atoms with Gasteiger partial charge in [0.25, 0.3) is 0 Å². The molecule has 0 aromatic carbocycles. The number of amides is 1. The van der Waals surface area contributed by atoms with E-state index in [1.54, 1.807) is 11.3 Å². The van der Waals surface area contributed by atoms with Crippen molar-refractivity contribution in [1.82, 2.24) is 15.6 Å². The van der Waals surface area contributed by atoms with E-state index in [0.29, 0.717) is 6.54 Å². The van der Waals surface area contributed by atoms with Crippen LogP contribution >= 0.6 is 11.3 Å². The van der Waals surface area contributed by atoms with Gasteiger partial charge in [0.05, 0.1) is 17.2 Å². The summed E-state index contributed by atoms with van der Waals surface area (Å²) in [7, 11) is 0. The minimum Gasteiger partial charge on any atom is -0.353 e. The van der Waals surface area contributed by atoms with Crippen molar-refractivity contribution in [1.29, 1.82) is 0 Å². The Hall–Kier alpha value is -0.940. The van der Waals surface area contributed by atoms with E-state index in [4.69, 9.17) is 0 Å². The molecule has 0 fully saturated rings. The quantitative estimate of drug-likeness (QED) is 0.824. The third kappa shape index (κ3) is 4.28. The lowest BCUT2D eigenvalue weighted by Crippen LogP contribution is -2.38. The molecule has 1 aromatic heterocycles. The smallest absolute Gasteiger partial charge is 0.234 e. The van der Waals surface area contributed by atoms with E-state index in [2.05, 4.69) is 15.6 Å². The predicted molar refractivity (Wildman–Crippen MR) is 66.5 cm³/mol. The number of carbonyl (C=O) groups excluding carboxylic acids is 1. The summed E-state index contributed by atoms with van der Waals surface area (Å²) in [5.41, 5.74) is 1.000. The van der Waals surface area contributed by atoms with Gasteiger partial charge < -0.3 is 10.6 Å². The molecule has 90 valence electrons. The average molecular weight is 241 g/mol. The average Bonchev–Trinajstić information content (AvgIpc) is 2.60. The van der Waals surface area contributed by atoms with E-state index in [9.17, 15) is 4.79 Å². The lowest BCUT2D eigenvalue weighted by molar-refractivity contribution is -0.120. The Morgan fingerprint density at radius 2 is 2.19 bits per heavy atom. The highest BCUT2D eigenvalue weighted by atomic mass is 32.1. The van der Waals surface area contributed by atoms with Crippen LogP contribution in [0.4, 0.5) is 0 Å². The van der Waals surface area contributed by atoms with E-state index >= 15 is 0 Å². The Morgan fingerprint density at radius 1 is 1.50 bits per heavy atom. The van der Waals surface area contributed by atoms with Crippen molar-refractivity contribution in [3.63, 3.8) is 0 Å². The van der Waals surface area contributed by atoms with E-state index in [1.807, 2.05) is 33.1 Å². The normalized spacial score (nSPS) is 12.8. The number of hydrogen-bond donors (Lipinski definition) is 2. The fourth-order valence-corrected chi connectivity index (χ4v) is 2.01. The highest BCUT2D eigenvalue weighted by molar-refractivity contribution is 7.09. The fraction of sp³-hybridized carbons (Fsp3) is 0.636. The van der Waals surface area contributed by atoms with Gasteiger partial charge >= 0.3 is 0 Å². The zero-order valence-electron chi connectivity index (χ0n) is 10.2. The Morgan fingerprint density at radius 3 is 2.69 bits per heavy atom. The first-order chi connectivity index (χ1) is 7.49. The summed E-state index contributed by atoms with van der Waals surface area (Å²) >= 11 is 1.63. The molecule has 1 aromatic rings. The first kappa shape index (κ1) is 13.1. The molecule has 1 heterocycles. The van der Waals surface area contributed by atoms with Crippen molar-refractivity contribution >= 4 is 17.2 Å². The molecule has 1 unspecified atom stereocenters. The number of nitrogens with zero attached hydrogens (tertiary/aromatic N) is 1. The van der Waals surface area contributed by atoms with Crippen molar-refractivity contribution in [3.05, 3.63) is 16.1 Å². The molecule has 2 N–H and O–H groups in total. The number of rotatable bonds is 5. The summed E-state index contributed by atoms with van der Waals surface area (Å²) in [6.07, 6.45) is 0. The maximum atomic E-state index is 11.4. The molecule has 0 radical (unpaired) electrons. The highest BCUT2D eigenvalue weighted by Gasteiger charge is 2.10. The van der Waals surface area contributed by atoms with Gasteiger partial charge in [-0.2, -0.15) is 0 Å². The standard InChI is InChI=1S/C11H19N3OS/c1-7(2)13-11(15)5-12-8(3)10-6-16-9(4)14-10/h6-8,12H,5H2,1-4H3,(H,13,15). The van der Waals surface area contributed by atoms with Crippen LogP contribution in [-0.2, 0) is 4.79 Å². The second-order valence-corrected chi connectivity index (χ2v) is 5.18. The number of carbonyl (C=O) groups is 1. The lowest BCUT2D eigenvalue weighted by Gasteiger charge is -2.13. The molecule has 4 nitrogen and oxygen atoms in total. The SMILES string of the molecule is Cc1nc(C(C)NCC(=O)NC(C)C)cs1. The van der Waals surface area contributed by atoms with Gasteiger partial charge in [-0.05, 0) is 27.7 Å². The Bertz CT molecular complexity index is 349. The summed E-state index contributed by atoms with van der Waals surface area (Å²) in [4.78, 5) is 15.8. The predicted octanol–water partition coefficient (Wildman–Crippen LogP) is 1.63. The molecule has 0 saturated heterocycles. The van der Waals surface area contributed by atoms with Crippen LogP contribution in [0.25, 0.3) is 0 Å². The van der Waals surface area contributed by atoms with Crippen molar-refractivity contribution < 1.29 is 4.79 Å². The number of hydrogen-bond acceptors (Lipinski definition) is 4. The Kier molecular flexibility index (Phi) is 4.89. The second-order valence-electron chi connectivity index (χ2n) is 4.12. The fourth-order valence-electron chi connectivity index (χ4n) is 1.30. The van der Waals surface area contributed by atoms with Gasteiger partial charge in [-0.3, -0.25) is 4.79 Å². The van der Waals surface area contributed by atoms with Crippen LogP contribution in [0, 0.1) is 6.92 Å². The summed E-state index contributed by atoms with van der Waals surface area (Å²) < 4.78 is 0. The van der Waals surface area contributed by atoms with Gasteiger partial charge in [0.15, 0.2) is 0 Å². The molecule has 0 aliphatic heterocycles. The van der Waals surface area contributed by atoms with Gasteiger partial charge in [-0.1, -0.05) is 0 Å². The monoisotopic (exact) mass is 241 g/mol. The topological polar surface area (TPSA) is 54.0 Å². The molecule has 0 bridgehead atoms. The number of aromatic nitrogens is 1. The van der Waals surface area contributed by atoms with Crippen LogP contribution in [-0.4, -0.2) is 23.5 Å². The highest BCUT2D eigenvalue weighted by Crippen LogP contribution is 2.15. The van der Waals surface area contributed by atoms with E-state index < -0.39 is 0 Å². The Labute approximate surface area is 100 Å². The molecule has 0 spiro atoms. The van der Waals surface area contributed by atoms with E-state index in [1.165, 1.54) is 0 Å². The Balaban J connectivity index is 2.35. The van der Waals surface area contributed by atoms with Gasteiger partial charge in [0.2, 0.25) is 5.91 Å². The van der Waals surface area contributed by atoms with E-state index in [-0.39, 0.29) is 18.0 Å².